The highest BCUT2D eigenvalue weighted by atomic mass is 16.6. The summed E-state index contributed by atoms with van der Waals surface area (Å²) in [4.78, 5) is 23.7. The van der Waals surface area contributed by atoms with Crippen LogP contribution in [-0.4, -0.2) is 11.9 Å². The van der Waals surface area contributed by atoms with Crippen molar-refractivity contribution in [3.63, 3.8) is 0 Å². The van der Waals surface area contributed by atoms with Gasteiger partial charge in [0.05, 0.1) is 11.3 Å². The van der Waals surface area contributed by atoms with E-state index in [0.29, 0.717) is 0 Å². The minimum Gasteiger partial charge on any atom is -0.392 e. The second kappa shape index (κ2) is 2.52. The van der Waals surface area contributed by atoms with E-state index in [1.165, 1.54) is 0 Å². The summed E-state index contributed by atoms with van der Waals surface area (Å²) in [6.07, 6.45) is 3.89. The van der Waals surface area contributed by atoms with Crippen molar-refractivity contribution in [1.29, 1.82) is 0 Å². The molecule has 1 saturated heterocycles. The van der Waals surface area contributed by atoms with E-state index in [0.717, 1.165) is 25.7 Å². The number of hydrogen-bond donors (Lipinski definition) is 0. The van der Waals surface area contributed by atoms with Gasteiger partial charge in [-0.1, -0.05) is 20.3 Å². The van der Waals surface area contributed by atoms with Crippen LogP contribution in [0.15, 0.2) is 0 Å². The van der Waals surface area contributed by atoms with Crippen LogP contribution in [0.2, 0.25) is 0 Å². The number of carbonyl (C=O) groups excluding carboxylic acids is 2. The smallest absolute Gasteiger partial charge is 0.320 e. The van der Waals surface area contributed by atoms with Gasteiger partial charge in [-0.15, -0.1) is 0 Å². The second-order valence-electron chi connectivity index (χ2n) is 6.51. The fraction of sp³-hybridized carbons (Fsp3) is 0.846. The Morgan fingerprint density at radius 2 is 1.88 bits per heavy atom. The van der Waals surface area contributed by atoms with Crippen molar-refractivity contribution in [3.8, 4) is 0 Å². The SMILES string of the molecule is CC1(C)CCC[C@@]2(C)C(=O)OC(=O)[C@@H]3C[C@]312. The molecular formula is C13H18O3. The lowest BCUT2D eigenvalue weighted by atomic mass is 9.52. The maximum atomic E-state index is 12.0. The normalized spacial score (nSPS) is 49.1. The minimum atomic E-state index is -0.423. The van der Waals surface area contributed by atoms with Crippen molar-refractivity contribution in [1.82, 2.24) is 0 Å². The number of ether oxygens (including phenoxy) is 1. The van der Waals surface area contributed by atoms with E-state index in [9.17, 15) is 9.59 Å². The molecular weight excluding hydrogens is 204 g/mol. The van der Waals surface area contributed by atoms with E-state index >= 15 is 0 Å². The zero-order valence-corrected chi connectivity index (χ0v) is 10.1. The topological polar surface area (TPSA) is 43.4 Å². The summed E-state index contributed by atoms with van der Waals surface area (Å²) in [6.45, 7) is 6.41. The number of hydrogen-bond acceptors (Lipinski definition) is 3. The van der Waals surface area contributed by atoms with Crippen LogP contribution in [0.5, 0.6) is 0 Å². The van der Waals surface area contributed by atoms with Crippen molar-refractivity contribution in [2.45, 2.75) is 46.5 Å². The molecule has 3 rings (SSSR count). The average Bonchev–Trinajstić information content (AvgIpc) is 2.90. The average molecular weight is 222 g/mol. The highest BCUT2D eigenvalue weighted by molar-refractivity contribution is 5.97. The predicted molar refractivity (Wildman–Crippen MR) is 57.4 cm³/mol. The zero-order chi connectivity index (χ0) is 11.8. The van der Waals surface area contributed by atoms with Crippen LogP contribution in [-0.2, 0) is 14.3 Å². The van der Waals surface area contributed by atoms with Gasteiger partial charge in [-0.2, -0.15) is 0 Å². The molecule has 1 heterocycles. The fourth-order valence-corrected chi connectivity index (χ4v) is 4.54. The summed E-state index contributed by atoms with van der Waals surface area (Å²) in [6, 6.07) is 0. The van der Waals surface area contributed by atoms with Gasteiger partial charge in [0, 0.05) is 5.41 Å². The Bertz CT molecular complexity index is 398. The van der Waals surface area contributed by atoms with Gasteiger partial charge in [-0.3, -0.25) is 9.59 Å². The molecule has 1 spiro atoms. The molecule has 0 bridgehead atoms. The van der Waals surface area contributed by atoms with Gasteiger partial charge < -0.3 is 4.74 Å². The predicted octanol–water partition coefficient (Wildman–Crippen LogP) is 2.29. The first-order chi connectivity index (χ1) is 7.35. The van der Waals surface area contributed by atoms with E-state index in [-0.39, 0.29) is 28.7 Å². The van der Waals surface area contributed by atoms with Gasteiger partial charge in [0.2, 0.25) is 0 Å². The summed E-state index contributed by atoms with van der Waals surface area (Å²) < 4.78 is 4.92. The minimum absolute atomic E-state index is 0.0227. The summed E-state index contributed by atoms with van der Waals surface area (Å²) in [5, 5.41) is 0. The largest absolute Gasteiger partial charge is 0.392 e. The summed E-state index contributed by atoms with van der Waals surface area (Å²) in [5.74, 6) is -0.582. The van der Waals surface area contributed by atoms with E-state index in [2.05, 4.69) is 13.8 Å². The Morgan fingerprint density at radius 1 is 1.19 bits per heavy atom. The van der Waals surface area contributed by atoms with Crippen LogP contribution < -0.4 is 0 Å². The van der Waals surface area contributed by atoms with Crippen LogP contribution >= 0.6 is 0 Å². The molecule has 3 atom stereocenters. The number of rotatable bonds is 0. The zero-order valence-electron chi connectivity index (χ0n) is 10.1. The highest BCUT2D eigenvalue weighted by Gasteiger charge is 2.79. The molecule has 88 valence electrons. The Labute approximate surface area is 95.5 Å². The molecule has 0 radical (unpaired) electrons. The Balaban J connectivity index is 2.14. The molecule has 16 heavy (non-hydrogen) atoms. The summed E-state index contributed by atoms with van der Waals surface area (Å²) >= 11 is 0. The monoisotopic (exact) mass is 222 g/mol. The van der Waals surface area contributed by atoms with Gasteiger partial charge in [0.15, 0.2) is 0 Å². The third-order valence-corrected chi connectivity index (χ3v) is 5.56. The molecule has 3 fully saturated rings. The van der Waals surface area contributed by atoms with Gasteiger partial charge in [0.1, 0.15) is 0 Å². The number of carbonyl (C=O) groups is 2. The first-order valence-corrected chi connectivity index (χ1v) is 6.11. The van der Waals surface area contributed by atoms with Crippen molar-refractivity contribution < 1.29 is 14.3 Å². The molecule has 0 N–H and O–H groups in total. The van der Waals surface area contributed by atoms with Gasteiger partial charge >= 0.3 is 11.9 Å². The van der Waals surface area contributed by atoms with Crippen molar-refractivity contribution >= 4 is 11.9 Å². The van der Waals surface area contributed by atoms with Crippen LogP contribution in [0, 0.1) is 22.2 Å². The van der Waals surface area contributed by atoms with Gasteiger partial charge in [0.25, 0.3) is 0 Å². The third kappa shape index (κ3) is 0.836. The van der Waals surface area contributed by atoms with Crippen LogP contribution in [0.25, 0.3) is 0 Å². The molecule has 0 aromatic heterocycles. The van der Waals surface area contributed by atoms with Gasteiger partial charge in [-0.05, 0) is 31.6 Å². The molecule has 0 aromatic rings. The quantitative estimate of drug-likeness (QED) is 0.466. The van der Waals surface area contributed by atoms with E-state index in [1.807, 2.05) is 6.92 Å². The van der Waals surface area contributed by atoms with Crippen LogP contribution in [0.3, 0.4) is 0 Å². The fourth-order valence-electron chi connectivity index (χ4n) is 4.54. The van der Waals surface area contributed by atoms with Crippen molar-refractivity contribution in [3.05, 3.63) is 0 Å². The van der Waals surface area contributed by atoms with Crippen LogP contribution in [0.4, 0.5) is 0 Å². The van der Waals surface area contributed by atoms with E-state index in [4.69, 9.17) is 4.74 Å². The van der Waals surface area contributed by atoms with Crippen LogP contribution in [0.1, 0.15) is 46.5 Å². The molecule has 0 aromatic carbocycles. The Kier molecular flexibility index (Phi) is 1.62. The molecule has 0 amide bonds. The lowest BCUT2D eigenvalue weighted by Gasteiger charge is -2.52. The Morgan fingerprint density at radius 3 is 2.56 bits per heavy atom. The summed E-state index contributed by atoms with van der Waals surface area (Å²) in [7, 11) is 0. The molecule has 2 saturated carbocycles. The standard InChI is InChI=1S/C13H18O3/c1-11(2)5-4-6-12(3)10(15)16-9(14)8-7-13(8,11)12/h8H,4-7H2,1-3H3/t8-,12-,13-/m0/s1. The molecule has 2 aliphatic carbocycles. The third-order valence-electron chi connectivity index (χ3n) is 5.56. The number of esters is 2. The molecule has 3 aliphatic rings. The van der Waals surface area contributed by atoms with Gasteiger partial charge in [-0.25, -0.2) is 0 Å². The lowest BCUT2D eigenvalue weighted by molar-refractivity contribution is -0.189. The van der Waals surface area contributed by atoms with E-state index in [1.54, 1.807) is 0 Å². The molecule has 3 nitrogen and oxygen atoms in total. The van der Waals surface area contributed by atoms with Crippen molar-refractivity contribution in [2.24, 2.45) is 22.2 Å². The summed E-state index contributed by atoms with van der Waals surface area (Å²) in [5.41, 5.74) is -0.447. The number of cyclic esters (lactones) is 2. The molecule has 1 aliphatic heterocycles. The lowest BCUT2D eigenvalue weighted by Crippen LogP contribution is -2.54. The maximum absolute atomic E-state index is 12.0. The second-order valence-corrected chi connectivity index (χ2v) is 6.51. The Hall–Kier alpha value is -0.860. The maximum Gasteiger partial charge on any atom is 0.320 e. The van der Waals surface area contributed by atoms with Crippen molar-refractivity contribution in [2.75, 3.05) is 0 Å². The first kappa shape index (κ1) is 10.3. The first-order valence-electron chi connectivity index (χ1n) is 6.11. The van der Waals surface area contributed by atoms with E-state index < -0.39 is 5.41 Å². The highest BCUT2D eigenvalue weighted by Crippen LogP contribution is 2.78. The molecule has 3 heteroatoms. The molecule has 0 unspecified atom stereocenters.